The van der Waals surface area contributed by atoms with Crippen LogP contribution in [0.1, 0.15) is 25.5 Å². The zero-order valence-corrected chi connectivity index (χ0v) is 13.8. The maximum absolute atomic E-state index is 12.5. The van der Waals surface area contributed by atoms with Crippen LogP contribution in [-0.2, 0) is 16.1 Å². The summed E-state index contributed by atoms with van der Waals surface area (Å²) in [5.74, 6) is 0.607. The number of aryl methyl sites for hydroxylation is 2. The number of anilines is 1. The van der Waals surface area contributed by atoms with Crippen molar-refractivity contribution in [3.05, 3.63) is 11.8 Å². The number of carbonyl (C=O) groups excluding carboxylic acids is 2. The molecule has 22 heavy (non-hydrogen) atoms. The van der Waals surface area contributed by atoms with Crippen molar-refractivity contribution in [2.24, 2.45) is 0 Å². The molecule has 0 spiro atoms. The number of likely N-dealkylation sites (N-methyl/N-ethyl adjacent to an activating group) is 1. The fraction of sp³-hybridized carbons (Fsp3) is 0.667. The highest BCUT2D eigenvalue weighted by Crippen LogP contribution is 2.25. The molecular weight excluding hydrogens is 282 g/mol. The second-order valence-corrected chi connectivity index (χ2v) is 5.90. The normalized spacial score (nSPS) is 15.9. The second-order valence-electron chi connectivity index (χ2n) is 5.90. The molecule has 2 amide bonds. The van der Waals surface area contributed by atoms with Crippen LogP contribution in [0.3, 0.4) is 0 Å². The predicted molar refractivity (Wildman–Crippen MR) is 84.7 cm³/mol. The minimum absolute atomic E-state index is 0.0120. The lowest BCUT2D eigenvalue weighted by atomic mass is 10.1. The van der Waals surface area contributed by atoms with E-state index in [1.54, 1.807) is 4.90 Å². The molecule has 1 atom stereocenters. The summed E-state index contributed by atoms with van der Waals surface area (Å²) in [4.78, 5) is 28.4. The number of hydrogen-bond donors (Lipinski definition) is 1. The first-order valence-corrected chi connectivity index (χ1v) is 7.73. The van der Waals surface area contributed by atoms with E-state index in [0.29, 0.717) is 25.9 Å². The van der Waals surface area contributed by atoms with Crippen molar-refractivity contribution in [3.63, 3.8) is 0 Å². The maximum atomic E-state index is 12.5. The molecule has 122 valence electrons. The average Bonchev–Trinajstić information content (AvgIpc) is 2.82. The van der Waals surface area contributed by atoms with Gasteiger partial charge in [-0.15, -0.1) is 0 Å². The van der Waals surface area contributed by atoms with Crippen LogP contribution in [0.5, 0.6) is 0 Å². The van der Waals surface area contributed by atoms with Crippen molar-refractivity contribution in [1.29, 1.82) is 0 Å². The molecule has 1 aliphatic heterocycles. The van der Waals surface area contributed by atoms with Gasteiger partial charge in [0.1, 0.15) is 11.9 Å². The highest BCUT2D eigenvalue weighted by molar-refractivity contribution is 6.00. The molecule has 0 unspecified atom stereocenters. The average molecular weight is 307 g/mol. The lowest BCUT2D eigenvalue weighted by molar-refractivity contribution is -0.127. The van der Waals surface area contributed by atoms with E-state index in [9.17, 15) is 9.59 Å². The van der Waals surface area contributed by atoms with Crippen LogP contribution in [-0.4, -0.2) is 59.7 Å². The second kappa shape index (κ2) is 6.91. The van der Waals surface area contributed by atoms with Crippen LogP contribution in [0.4, 0.5) is 5.82 Å². The van der Waals surface area contributed by atoms with Gasteiger partial charge in [0, 0.05) is 25.6 Å². The smallest absolute Gasteiger partial charge is 0.243 e. The summed E-state index contributed by atoms with van der Waals surface area (Å²) in [6.07, 6.45) is 0.958. The molecule has 0 fully saturated rings. The summed E-state index contributed by atoms with van der Waals surface area (Å²) in [6, 6.07) is 1.39. The number of fused-ring (bicyclic) bond motifs is 1. The van der Waals surface area contributed by atoms with E-state index in [0.717, 1.165) is 18.1 Å². The number of carbonyl (C=O) groups is 2. The summed E-state index contributed by atoms with van der Waals surface area (Å²) in [7, 11) is 3.91. The summed E-state index contributed by atoms with van der Waals surface area (Å²) >= 11 is 0. The van der Waals surface area contributed by atoms with Gasteiger partial charge in [0.2, 0.25) is 11.8 Å². The minimum atomic E-state index is -0.482. The first-order chi connectivity index (χ1) is 10.4. The molecule has 0 aromatic carbocycles. The van der Waals surface area contributed by atoms with Gasteiger partial charge in [0.25, 0.3) is 0 Å². The molecule has 7 nitrogen and oxygen atoms in total. The molecule has 0 aliphatic carbocycles. The van der Waals surface area contributed by atoms with Crippen molar-refractivity contribution in [3.8, 4) is 0 Å². The number of hydrogen-bond acceptors (Lipinski definition) is 4. The summed E-state index contributed by atoms with van der Waals surface area (Å²) in [5, 5.41) is 7.30. The van der Waals surface area contributed by atoms with Gasteiger partial charge in [0.05, 0.1) is 12.2 Å². The molecule has 0 radical (unpaired) electrons. The zero-order valence-electron chi connectivity index (χ0n) is 13.8. The molecule has 1 aromatic rings. The molecule has 0 bridgehead atoms. The highest BCUT2D eigenvalue weighted by atomic mass is 16.2. The van der Waals surface area contributed by atoms with Crippen molar-refractivity contribution in [2.75, 3.05) is 32.1 Å². The highest BCUT2D eigenvalue weighted by Gasteiger charge is 2.34. The van der Waals surface area contributed by atoms with Gasteiger partial charge in [-0.25, -0.2) is 4.68 Å². The number of aromatic nitrogens is 2. The van der Waals surface area contributed by atoms with E-state index in [-0.39, 0.29) is 11.8 Å². The Morgan fingerprint density at radius 3 is 2.86 bits per heavy atom. The third kappa shape index (κ3) is 3.47. The quantitative estimate of drug-likeness (QED) is 0.825. The van der Waals surface area contributed by atoms with Crippen LogP contribution < -0.4 is 10.2 Å². The van der Waals surface area contributed by atoms with E-state index in [1.165, 1.54) is 0 Å². The van der Waals surface area contributed by atoms with Gasteiger partial charge in [-0.05, 0) is 27.4 Å². The third-order valence-electron chi connectivity index (χ3n) is 3.79. The Hall–Kier alpha value is -1.89. The first-order valence-electron chi connectivity index (χ1n) is 7.73. The largest absolute Gasteiger partial charge is 0.353 e. The van der Waals surface area contributed by atoms with Crippen LogP contribution in [0.25, 0.3) is 0 Å². The zero-order chi connectivity index (χ0) is 16.3. The van der Waals surface area contributed by atoms with Gasteiger partial charge in [-0.3, -0.25) is 14.5 Å². The van der Waals surface area contributed by atoms with Crippen molar-refractivity contribution >= 4 is 17.6 Å². The number of nitrogens with zero attached hydrogens (tertiary/aromatic N) is 4. The molecule has 1 aliphatic rings. The van der Waals surface area contributed by atoms with Gasteiger partial charge >= 0.3 is 0 Å². The molecule has 0 saturated heterocycles. The number of rotatable bonds is 6. The van der Waals surface area contributed by atoms with Crippen LogP contribution >= 0.6 is 0 Å². The molecule has 1 aromatic heterocycles. The number of nitrogens with one attached hydrogen (secondary N) is 1. The van der Waals surface area contributed by atoms with Gasteiger partial charge in [-0.1, -0.05) is 6.92 Å². The monoisotopic (exact) mass is 307 g/mol. The molecule has 0 saturated carbocycles. The van der Waals surface area contributed by atoms with Crippen molar-refractivity contribution < 1.29 is 9.59 Å². The van der Waals surface area contributed by atoms with E-state index in [1.807, 2.05) is 43.6 Å². The lowest BCUT2D eigenvalue weighted by Gasteiger charge is -2.33. The summed E-state index contributed by atoms with van der Waals surface area (Å²) in [5.41, 5.74) is 0.859. The minimum Gasteiger partial charge on any atom is -0.353 e. The van der Waals surface area contributed by atoms with Gasteiger partial charge < -0.3 is 10.2 Å². The molecular formula is C15H25N5O2. The van der Waals surface area contributed by atoms with E-state index < -0.39 is 6.04 Å². The summed E-state index contributed by atoms with van der Waals surface area (Å²) < 4.78 is 1.81. The topological polar surface area (TPSA) is 70.5 Å². The molecule has 2 rings (SSSR count). The molecule has 2 heterocycles. The van der Waals surface area contributed by atoms with Crippen molar-refractivity contribution in [2.45, 2.75) is 39.3 Å². The lowest BCUT2D eigenvalue weighted by Crippen LogP contribution is -2.52. The Morgan fingerprint density at radius 2 is 2.23 bits per heavy atom. The fourth-order valence-corrected chi connectivity index (χ4v) is 2.68. The van der Waals surface area contributed by atoms with Gasteiger partial charge in [0.15, 0.2) is 0 Å². The molecule has 7 heteroatoms. The third-order valence-corrected chi connectivity index (χ3v) is 3.79. The Kier molecular flexibility index (Phi) is 5.18. The summed E-state index contributed by atoms with van der Waals surface area (Å²) in [6.45, 7) is 5.74. The molecule has 1 N–H and O–H groups in total. The Labute approximate surface area is 131 Å². The van der Waals surface area contributed by atoms with E-state index in [4.69, 9.17) is 0 Å². The Balaban J connectivity index is 2.15. The Morgan fingerprint density at radius 1 is 1.50 bits per heavy atom. The Bertz CT molecular complexity index is 552. The first kappa shape index (κ1) is 16.5. The van der Waals surface area contributed by atoms with Crippen LogP contribution in [0.15, 0.2) is 6.07 Å². The fourth-order valence-electron chi connectivity index (χ4n) is 2.68. The maximum Gasteiger partial charge on any atom is 0.243 e. The SMILES string of the molecule is CC[C@H](C(=O)NCCN(C)C)N1C(=O)CCn2nc(C)cc21. The standard InChI is InChI=1S/C15H25N5O2/c1-5-12(15(22)16-7-9-18(3)4)20-13-10-11(2)17-19(13)8-6-14(20)21/h10,12H,5-9H2,1-4H3,(H,16,22)/t12-/m1/s1. The van der Waals surface area contributed by atoms with E-state index >= 15 is 0 Å². The van der Waals surface area contributed by atoms with Crippen LogP contribution in [0.2, 0.25) is 0 Å². The van der Waals surface area contributed by atoms with Crippen molar-refractivity contribution in [1.82, 2.24) is 20.0 Å². The van der Waals surface area contributed by atoms with Crippen LogP contribution in [0, 0.1) is 6.92 Å². The van der Waals surface area contributed by atoms with E-state index in [2.05, 4.69) is 10.4 Å². The van der Waals surface area contributed by atoms with Gasteiger partial charge in [-0.2, -0.15) is 5.10 Å². The predicted octanol–water partition coefficient (Wildman–Crippen LogP) is 0.385. The number of amides is 2.